The van der Waals surface area contributed by atoms with Crippen LogP contribution in [0, 0.1) is 5.92 Å². The number of hydrogen-bond acceptors (Lipinski definition) is 2. The molecule has 3 nitrogen and oxygen atoms in total. The molecule has 1 aliphatic carbocycles. The third kappa shape index (κ3) is 2.73. The molecule has 0 unspecified atom stereocenters. The van der Waals surface area contributed by atoms with Crippen LogP contribution in [0.25, 0.3) is 0 Å². The Morgan fingerprint density at radius 1 is 1.20 bits per heavy atom. The standard InChI is InChI=1S/C17H23NO2/c19-16(14-5-4-6-14)18-13-17(9-11-20-12-10-17)15-7-2-1-3-8-15/h1-3,7-8,14H,4-6,9-13H2,(H,18,19). The molecule has 3 heteroatoms. The largest absolute Gasteiger partial charge is 0.381 e. The van der Waals surface area contributed by atoms with Crippen LogP contribution in [0.4, 0.5) is 0 Å². The van der Waals surface area contributed by atoms with Gasteiger partial charge in [0.1, 0.15) is 0 Å². The van der Waals surface area contributed by atoms with Gasteiger partial charge < -0.3 is 10.1 Å². The molecule has 1 amide bonds. The number of rotatable bonds is 4. The Morgan fingerprint density at radius 3 is 2.50 bits per heavy atom. The van der Waals surface area contributed by atoms with E-state index in [0.29, 0.717) is 0 Å². The van der Waals surface area contributed by atoms with Gasteiger partial charge in [-0.1, -0.05) is 36.8 Å². The molecule has 0 atom stereocenters. The molecule has 1 aromatic rings. The Bertz CT molecular complexity index is 447. The lowest BCUT2D eigenvalue weighted by Gasteiger charge is -2.38. The van der Waals surface area contributed by atoms with E-state index in [-0.39, 0.29) is 17.2 Å². The summed E-state index contributed by atoms with van der Waals surface area (Å²) < 4.78 is 5.52. The summed E-state index contributed by atoms with van der Waals surface area (Å²) in [6.07, 6.45) is 5.31. The zero-order chi connectivity index (χ0) is 13.8. The SMILES string of the molecule is O=C(NCC1(c2ccccc2)CCOCC1)C1CCC1. The predicted molar refractivity (Wildman–Crippen MR) is 78.5 cm³/mol. The molecule has 2 aliphatic rings. The number of amides is 1. The minimum atomic E-state index is 0.0545. The minimum Gasteiger partial charge on any atom is -0.381 e. The smallest absolute Gasteiger partial charge is 0.223 e. The van der Waals surface area contributed by atoms with Crippen LogP contribution in [-0.4, -0.2) is 25.7 Å². The highest BCUT2D eigenvalue weighted by Gasteiger charge is 2.35. The van der Waals surface area contributed by atoms with Gasteiger partial charge in [-0.2, -0.15) is 0 Å². The zero-order valence-electron chi connectivity index (χ0n) is 11.9. The highest BCUT2D eigenvalue weighted by molar-refractivity contribution is 5.79. The molecule has 0 bridgehead atoms. The van der Waals surface area contributed by atoms with E-state index in [9.17, 15) is 4.79 Å². The molecule has 1 aliphatic heterocycles. The van der Waals surface area contributed by atoms with Crippen LogP contribution in [-0.2, 0) is 14.9 Å². The van der Waals surface area contributed by atoms with Gasteiger partial charge >= 0.3 is 0 Å². The van der Waals surface area contributed by atoms with Crippen LogP contribution >= 0.6 is 0 Å². The summed E-state index contributed by atoms with van der Waals surface area (Å²) in [6, 6.07) is 10.6. The van der Waals surface area contributed by atoms with Gasteiger partial charge in [-0.05, 0) is 31.2 Å². The predicted octanol–water partition coefficient (Wildman–Crippen LogP) is 2.65. The van der Waals surface area contributed by atoms with Crippen LogP contribution in [0.2, 0.25) is 0 Å². The van der Waals surface area contributed by atoms with Crippen molar-refractivity contribution < 1.29 is 9.53 Å². The van der Waals surface area contributed by atoms with E-state index in [0.717, 1.165) is 45.4 Å². The quantitative estimate of drug-likeness (QED) is 0.916. The summed E-state index contributed by atoms with van der Waals surface area (Å²) >= 11 is 0. The van der Waals surface area contributed by atoms with Crippen LogP contribution in [0.3, 0.4) is 0 Å². The third-order valence-electron chi connectivity index (χ3n) is 4.91. The third-order valence-corrected chi connectivity index (χ3v) is 4.91. The highest BCUT2D eigenvalue weighted by Crippen LogP contribution is 2.34. The first kappa shape index (κ1) is 13.6. The monoisotopic (exact) mass is 273 g/mol. The molecular weight excluding hydrogens is 250 g/mol. The maximum atomic E-state index is 12.1. The molecule has 1 N–H and O–H groups in total. The molecule has 20 heavy (non-hydrogen) atoms. The average molecular weight is 273 g/mol. The normalized spacial score (nSPS) is 22.0. The Balaban J connectivity index is 1.70. The fourth-order valence-electron chi connectivity index (χ4n) is 3.19. The van der Waals surface area contributed by atoms with Crippen molar-refractivity contribution in [3.63, 3.8) is 0 Å². The van der Waals surface area contributed by atoms with E-state index >= 15 is 0 Å². The van der Waals surface area contributed by atoms with Gasteiger partial charge in [0.25, 0.3) is 0 Å². The van der Waals surface area contributed by atoms with Gasteiger partial charge in [0, 0.05) is 31.1 Å². The Kier molecular flexibility index (Phi) is 4.06. The highest BCUT2D eigenvalue weighted by atomic mass is 16.5. The van der Waals surface area contributed by atoms with Crippen molar-refractivity contribution >= 4 is 5.91 Å². The molecule has 0 aromatic heterocycles. The summed E-state index contributed by atoms with van der Waals surface area (Å²) in [7, 11) is 0. The molecule has 1 aromatic carbocycles. The van der Waals surface area contributed by atoms with Crippen molar-refractivity contribution in [1.29, 1.82) is 0 Å². The van der Waals surface area contributed by atoms with E-state index in [2.05, 4.69) is 29.6 Å². The van der Waals surface area contributed by atoms with Crippen molar-refractivity contribution in [1.82, 2.24) is 5.32 Å². The molecule has 3 rings (SSSR count). The molecule has 1 saturated carbocycles. The molecule has 0 radical (unpaired) electrons. The molecule has 1 saturated heterocycles. The first-order valence-electron chi connectivity index (χ1n) is 7.71. The van der Waals surface area contributed by atoms with E-state index in [1.54, 1.807) is 0 Å². The lowest BCUT2D eigenvalue weighted by atomic mass is 9.74. The molecular formula is C17H23NO2. The fraction of sp³-hybridized carbons (Fsp3) is 0.588. The van der Waals surface area contributed by atoms with Crippen molar-refractivity contribution in [2.45, 2.75) is 37.5 Å². The average Bonchev–Trinajstić information content (AvgIpc) is 2.45. The van der Waals surface area contributed by atoms with Crippen molar-refractivity contribution in [2.24, 2.45) is 5.92 Å². The van der Waals surface area contributed by atoms with Gasteiger partial charge in [-0.3, -0.25) is 4.79 Å². The Labute approximate surface area is 120 Å². The molecule has 1 heterocycles. The van der Waals surface area contributed by atoms with Gasteiger partial charge in [0.2, 0.25) is 5.91 Å². The van der Waals surface area contributed by atoms with Crippen molar-refractivity contribution in [2.75, 3.05) is 19.8 Å². The van der Waals surface area contributed by atoms with Crippen LogP contribution in [0.5, 0.6) is 0 Å². The Hall–Kier alpha value is -1.35. The lowest BCUT2D eigenvalue weighted by molar-refractivity contribution is -0.127. The number of carbonyl (C=O) groups excluding carboxylic acids is 1. The van der Waals surface area contributed by atoms with Crippen molar-refractivity contribution in [3.8, 4) is 0 Å². The second kappa shape index (κ2) is 5.96. The lowest BCUT2D eigenvalue weighted by Crippen LogP contribution is -2.46. The van der Waals surface area contributed by atoms with Gasteiger partial charge in [0.05, 0.1) is 0 Å². The molecule has 108 valence electrons. The van der Waals surface area contributed by atoms with E-state index < -0.39 is 0 Å². The number of ether oxygens (including phenoxy) is 1. The molecule has 2 fully saturated rings. The summed E-state index contributed by atoms with van der Waals surface area (Å²) in [6.45, 7) is 2.32. The Morgan fingerprint density at radius 2 is 1.90 bits per heavy atom. The molecule has 0 spiro atoms. The van der Waals surface area contributed by atoms with Crippen LogP contribution < -0.4 is 5.32 Å². The number of hydrogen-bond donors (Lipinski definition) is 1. The number of carbonyl (C=O) groups is 1. The number of nitrogens with one attached hydrogen (secondary N) is 1. The summed E-state index contributed by atoms with van der Waals surface area (Å²) in [5, 5.41) is 3.20. The fourth-order valence-corrected chi connectivity index (χ4v) is 3.19. The summed E-state index contributed by atoms with van der Waals surface area (Å²) in [5.41, 5.74) is 1.39. The van der Waals surface area contributed by atoms with Crippen LogP contribution in [0.15, 0.2) is 30.3 Å². The number of benzene rings is 1. The summed E-state index contributed by atoms with van der Waals surface area (Å²) in [5.74, 6) is 0.515. The second-order valence-corrected chi connectivity index (χ2v) is 6.10. The first-order valence-corrected chi connectivity index (χ1v) is 7.71. The van der Waals surface area contributed by atoms with Gasteiger partial charge in [0.15, 0.2) is 0 Å². The van der Waals surface area contributed by atoms with Crippen molar-refractivity contribution in [3.05, 3.63) is 35.9 Å². The van der Waals surface area contributed by atoms with Gasteiger partial charge in [-0.25, -0.2) is 0 Å². The summed E-state index contributed by atoms with van der Waals surface area (Å²) in [4.78, 5) is 12.1. The maximum Gasteiger partial charge on any atom is 0.223 e. The van der Waals surface area contributed by atoms with E-state index in [1.807, 2.05) is 6.07 Å². The van der Waals surface area contributed by atoms with E-state index in [4.69, 9.17) is 4.74 Å². The minimum absolute atomic E-state index is 0.0545. The van der Waals surface area contributed by atoms with E-state index in [1.165, 1.54) is 12.0 Å². The van der Waals surface area contributed by atoms with Crippen LogP contribution in [0.1, 0.15) is 37.7 Å². The van der Waals surface area contributed by atoms with Gasteiger partial charge in [-0.15, -0.1) is 0 Å². The zero-order valence-corrected chi connectivity index (χ0v) is 11.9. The first-order chi connectivity index (χ1) is 9.80. The maximum absolute atomic E-state index is 12.1. The second-order valence-electron chi connectivity index (χ2n) is 6.10. The topological polar surface area (TPSA) is 38.3 Å².